The summed E-state index contributed by atoms with van der Waals surface area (Å²) in [5, 5.41) is 0. The molecule has 0 saturated carbocycles. The maximum absolute atomic E-state index is 5.71. The van der Waals surface area contributed by atoms with Gasteiger partial charge in [-0.15, -0.1) is 0 Å². The van der Waals surface area contributed by atoms with E-state index in [0.717, 1.165) is 13.0 Å². The molecule has 0 bridgehead atoms. The molecule has 1 atom stereocenters. The Morgan fingerprint density at radius 3 is 2.05 bits per heavy atom. The van der Waals surface area contributed by atoms with Gasteiger partial charge >= 0.3 is 0 Å². The largest absolute Gasteiger partial charge is 0.370 e. The van der Waals surface area contributed by atoms with Crippen molar-refractivity contribution < 1.29 is 0 Å². The van der Waals surface area contributed by atoms with Crippen LogP contribution in [0.5, 0.6) is 0 Å². The minimum atomic E-state index is 0.429. The van der Waals surface area contributed by atoms with Crippen LogP contribution in [-0.4, -0.2) is 13.6 Å². The minimum absolute atomic E-state index is 0.429. The van der Waals surface area contributed by atoms with Crippen LogP contribution < -0.4 is 10.6 Å². The molecule has 0 heterocycles. The van der Waals surface area contributed by atoms with E-state index >= 15 is 0 Å². The summed E-state index contributed by atoms with van der Waals surface area (Å²) in [6.07, 6.45) is 1.09. The van der Waals surface area contributed by atoms with Crippen molar-refractivity contribution in [3.05, 3.63) is 65.2 Å². The lowest BCUT2D eigenvalue weighted by Gasteiger charge is -2.20. The number of benzene rings is 2. The van der Waals surface area contributed by atoms with Crippen molar-refractivity contribution in [3.63, 3.8) is 0 Å². The van der Waals surface area contributed by atoms with Gasteiger partial charge in [-0.25, -0.2) is 0 Å². The zero-order chi connectivity index (χ0) is 15.2. The lowest BCUT2D eigenvalue weighted by atomic mass is 10.00. The second-order valence-electron chi connectivity index (χ2n) is 5.75. The van der Waals surface area contributed by atoms with E-state index in [-0.39, 0.29) is 0 Å². The van der Waals surface area contributed by atoms with E-state index < -0.39 is 0 Å². The van der Waals surface area contributed by atoms with Crippen LogP contribution in [0.1, 0.15) is 36.5 Å². The molecule has 2 heteroatoms. The van der Waals surface area contributed by atoms with Gasteiger partial charge in [-0.1, -0.05) is 50.2 Å². The second kappa shape index (κ2) is 7.28. The number of nitrogens with two attached hydrogens (primary N) is 1. The molecule has 0 fully saturated rings. The van der Waals surface area contributed by atoms with Gasteiger partial charge in [0.05, 0.1) is 0 Å². The first-order valence-corrected chi connectivity index (χ1v) is 7.73. The Hall–Kier alpha value is -1.80. The Morgan fingerprint density at radius 1 is 0.952 bits per heavy atom. The summed E-state index contributed by atoms with van der Waals surface area (Å²) < 4.78 is 0. The van der Waals surface area contributed by atoms with Crippen LogP contribution in [0.4, 0.5) is 5.69 Å². The molecule has 2 N–H and O–H groups in total. The molecule has 112 valence electrons. The molecule has 2 rings (SSSR count). The van der Waals surface area contributed by atoms with E-state index in [0.29, 0.717) is 12.5 Å². The average Bonchev–Trinajstić information content (AvgIpc) is 2.55. The summed E-state index contributed by atoms with van der Waals surface area (Å²) >= 11 is 0. The number of nitrogens with zero attached hydrogens (tertiary/aromatic N) is 1. The quantitative estimate of drug-likeness (QED) is 0.869. The van der Waals surface area contributed by atoms with Crippen LogP contribution in [0, 0.1) is 0 Å². The van der Waals surface area contributed by atoms with Crippen LogP contribution >= 0.6 is 0 Å². The van der Waals surface area contributed by atoms with E-state index in [1.54, 1.807) is 0 Å². The molecule has 0 radical (unpaired) electrons. The predicted octanol–water partition coefficient (Wildman–Crippen LogP) is 3.95. The summed E-state index contributed by atoms with van der Waals surface area (Å²) in [4.78, 5) is 2.28. The van der Waals surface area contributed by atoms with Gasteiger partial charge < -0.3 is 10.6 Å². The van der Waals surface area contributed by atoms with Gasteiger partial charge in [0.15, 0.2) is 0 Å². The molecule has 1 unspecified atom stereocenters. The van der Waals surface area contributed by atoms with Crippen molar-refractivity contribution in [2.45, 2.75) is 32.7 Å². The van der Waals surface area contributed by atoms with E-state index in [1.807, 2.05) is 0 Å². The Kier molecular flexibility index (Phi) is 5.40. The molecular weight excluding hydrogens is 256 g/mol. The highest BCUT2D eigenvalue weighted by Gasteiger charge is 2.05. The zero-order valence-electron chi connectivity index (χ0n) is 13.3. The van der Waals surface area contributed by atoms with E-state index in [1.165, 1.54) is 22.4 Å². The highest BCUT2D eigenvalue weighted by molar-refractivity contribution is 5.47. The molecule has 0 saturated heterocycles. The standard InChI is InChI=1S/C19H26N2/c1-4-16-7-11-19(12-8-16)21(3)14-17-5-9-18(10-6-17)15(2)13-20/h5-12,15H,4,13-14,20H2,1-3H3. The van der Waals surface area contributed by atoms with Crippen LogP contribution in [0.25, 0.3) is 0 Å². The van der Waals surface area contributed by atoms with E-state index in [9.17, 15) is 0 Å². The SMILES string of the molecule is CCc1ccc(N(C)Cc2ccc(C(C)CN)cc2)cc1. The monoisotopic (exact) mass is 282 g/mol. The summed E-state index contributed by atoms with van der Waals surface area (Å²) in [7, 11) is 2.14. The summed E-state index contributed by atoms with van der Waals surface area (Å²) in [5.74, 6) is 0.429. The van der Waals surface area contributed by atoms with Crippen LogP contribution in [0.3, 0.4) is 0 Å². The molecular formula is C19H26N2. The Bertz CT molecular complexity index is 543. The second-order valence-corrected chi connectivity index (χ2v) is 5.75. The number of rotatable bonds is 6. The lowest BCUT2D eigenvalue weighted by molar-refractivity contribution is 0.773. The normalized spacial score (nSPS) is 12.2. The topological polar surface area (TPSA) is 29.3 Å². The van der Waals surface area contributed by atoms with Crippen LogP contribution in [0.2, 0.25) is 0 Å². The number of hydrogen-bond acceptors (Lipinski definition) is 2. The maximum Gasteiger partial charge on any atom is 0.0426 e. The van der Waals surface area contributed by atoms with E-state index in [4.69, 9.17) is 5.73 Å². The molecule has 0 aliphatic heterocycles. The fraction of sp³-hybridized carbons (Fsp3) is 0.368. The van der Waals surface area contributed by atoms with Crippen LogP contribution in [-0.2, 0) is 13.0 Å². The van der Waals surface area contributed by atoms with Crippen molar-refractivity contribution in [3.8, 4) is 0 Å². The lowest BCUT2D eigenvalue weighted by Crippen LogP contribution is -2.16. The average molecular weight is 282 g/mol. The van der Waals surface area contributed by atoms with Crippen molar-refractivity contribution in [2.75, 3.05) is 18.5 Å². The van der Waals surface area contributed by atoms with Gasteiger partial charge in [-0.05, 0) is 47.7 Å². The molecule has 2 aromatic carbocycles. The molecule has 0 amide bonds. The van der Waals surface area contributed by atoms with Crippen molar-refractivity contribution in [1.82, 2.24) is 0 Å². The first-order chi connectivity index (χ1) is 10.1. The Labute approximate surface area is 128 Å². The summed E-state index contributed by atoms with van der Waals surface area (Å²) in [6.45, 7) is 5.96. The molecule has 2 nitrogen and oxygen atoms in total. The fourth-order valence-electron chi connectivity index (χ4n) is 2.44. The minimum Gasteiger partial charge on any atom is -0.370 e. The Morgan fingerprint density at radius 2 is 1.52 bits per heavy atom. The number of aryl methyl sites for hydroxylation is 1. The van der Waals surface area contributed by atoms with Crippen molar-refractivity contribution in [1.29, 1.82) is 0 Å². The van der Waals surface area contributed by atoms with Gasteiger partial charge in [-0.2, -0.15) is 0 Å². The summed E-state index contributed by atoms with van der Waals surface area (Å²) in [6, 6.07) is 17.6. The van der Waals surface area contributed by atoms with Crippen LogP contribution in [0.15, 0.2) is 48.5 Å². The molecule has 2 aromatic rings. The van der Waals surface area contributed by atoms with E-state index in [2.05, 4.69) is 74.3 Å². The predicted molar refractivity (Wildman–Crippen MR) is 91.8 cm³/mol. The highest BCUT2D eigenvalue weighted by atomic mass is 15.1. The van der Waals surface area contributed by atoms with Gasteiger partial charge in [0, 0.05) is 19.3 Å². The maximum atomic E-state index is 5.71. The third-order valence-corrected chi connectivity index (χ3v) is 4.11. The third-order valence-electron chi connectivity index (χ3n) is 4.11. The number of hydrogen-bond donors (Lipinski definition) is 1. The van der Waals surface area contributed by atoms with Gasteiger partial charge in [0.1, 0.15) is 0 Å². The van der Waals surface area contributed by atoms with Gasteiger partial charge in [0.2, 0.25) is 0 Å². The fourth-order valence-corrected chi connectivity index (χ4v) is 2.44. The van der Waals surface area contributed by atoms with Gasteiger partial charge in [0.25, 0.3) is 0 Å². The van der Waals surface area contributed by atoms with Crippen molar-refractivity contribution >= 4 is 5.69 Å². The van der Waals surface area contributed by atoms with Crippen molar-refractivity contribution in [2.24, 2.45) is 5.73 Å². The zero-order valence-corrected chi connectivity index (χ0v) is 13.3. The Balaban J connectivity index is 2.02. The molecule has 0 aliphatic rings. The molecule has 0 spiro atoms. The van der Waals surface area contributed by atoms with Gasteiger partial charge in [-0.3, -0.25) is 0 Å². The smallest absolute Gasteiger partial charge is 0.0426 e. The third kappa shape index (κ3) is 4.08. The highest BCUT2D eigenvalue weighted by Crippen LogP contribution is 2.19. The number of anilines is 1. The summed E-state index contributed by atoms with van der Waals surface area (Å²) in [5.41, 5.74) is 11.0. The first kappa shape index (κ1) is 15.6. The first-order valence-electron chi connectivity index (χ1n) is 7.73. The molecule has 0 aromatic heterocycles. The molecule has 0 aliphatic carbocycles. The molecule has 21 heavy (non-hydrogen) atoms.